The van der Waals surface area contributed by atoms with Gasteiger partial charge in [0.1, 0.15) is 0 Å². The second-order valence-corrected chi connectivity index (χ2v) is 7.06. The Bertz CT molecular complexity index is 645. The molecular weight excluding hydrogens is 340 g/mol. The molecule has 0 heterocycles. The second kappa shape index (κ2) is 6.97. The van der Waals surface area contributed by atoms with E-state index in [1.54, 1.807) is 0 Å². The molecule has 0 bridgehead atoms. The largest absolute Gasteiger partial charge is 0.375 e. The van der Waals surface area contributed by atoms with Crippen molar-refractivity contribution in [1.29, 1.82) is 0 Å². The van der Waals surface area contributed by atoms with Crippen LogP contribution in [0.1, 0.15) is 26.3 Å². The Morgan fingerprint density at radius 2 is 1.68 bits per heavy atom. The molecule has 22 heavy (non-hydrogen) atoms. The van der Waals surface area contributed by atoms with Crippen molar-refractivity contribution in [2.24, 2.45) is 0 Å². The first-order valence-corrected chi connectivity index (χ1v) is 8.04. The lowest BCUT2D eigenvalue weighted by molar-refractivity contribution is -0.114. The highest BCUT2D eigenvalue weighted by Crippen LogP contribution is 2.23. The number of amides is 1. The zero-order valence-corrected chi connectivity index (χ0v) is 14.7. The molecule has 0 aliphatic rings. The number of rotatable bonds is 4. The average Bonchev–Trinajstić information content (AvgIpc) is 2.46. The van der Waals surface area contributed by atoms with Crippen molar-refractivity contribution >= 4 is 33.2 Å². The normalized spacial score (nSPS) is 11.1. The third kappa shape index (κ3) is 4.60. The predicted molar refractivity (Wildman–Crippen MR) is 96.4 cm³/mol. The molecule has 3 nitrogen and oxygen atoms in total. The molecule has 0 radical (unpaired) electrons. The van der Waals surface area contributed by atoms with Crippen LogP contribution in [0.25, 0.3) is 0 Å². The molecule has 2 rings (SSSR count). The third-order valence-electron chi connectivity index (χ3n) is 3.35. The maximum absolute atomic E-state index is 12.0. The van der Waals surface area contributed by atoms with Crippen molar-refractivity contribution in [2.75, 3.05) is 17.2 Å². The molecule has 0 saturated carbocycles. The standard InChI is InChI=1S/C18H21BrN2O/c1-18(2,3)13-8-10-14(11-9-13)21-17(22)12-20-16-7-5-4-6-15(16)19/h4-11,20H,12H2,1-3H3,(H,21,22). The molecule has 0 atom stereocenters. The molecule has 0 saturated heterocycles. The molecule has 0 fully saturated rings. The van der Waals surface area contributed by atoms with E-state index in [0.29, 0.717) is 0 Å². The number of halogens is 1. The molecule has 0 unspecified atom stereocenters. The van der Waals surface area contributed by atoms with Gasteiger partial charge in [-0.05, 0) is 51.2 Å². The molecule has 4 heteroatoms. The number of carbonyl (C=O) groups excluding carboxylic acids is 1. The first-order chi connectivity index (χ1) is 10.4. The summed E-state index contributed by atoms with van der Waals surface area (Å²) >= 11 is 3.45. The number of carbonyl (C=O) groups is 1. The van der Waals surface area contributed by atoms with E-state index >= 15 is 0 Å². The quantitative estimate of drug-likeness (QED) is 0.822. The summed E-state index contributed by atoms with van der Waals surface area (Å²) < 4.78 is 0.942. The lowest BCUT2D eigenvalue weighted by Crippen LogP contribution is -2.22. The maximum atomic E-state index is 12.0. The topological polar surface area (TPSA) is 41.1 Å². The van der Waals surface area contributed by atoms with Crippen LogP contribution in [0.2, 0.25) is 0 Å². The van der Waals surface area contributed by atoms with Crippen molar-refractivity contribution in [1.82, 2.24) is 0 Å². The van der Waals surface area contributed by atoms with Crippen LogP contribution in [0.4, 0.5) is 11.4 Å². The van der Waals surface area contributed by atoms with Gasteiger partial charge in [-0.2, -0.15) is 0 Å². The fourth-order valence-electron chi connectivity index (χ4n) is 2.04. The van der Waals surface area contributed by atoms with E-state index in [1.807, 2.05) is 36.4 Å². The van der Waals surface area contributed by atoms with Crippen LogP contribution < -0.4 is 10.6 Å². The van der Waals surface area contributed by atoms with Crippen LogP contribution in [-0.2, 0) is 10.2 Å². The Morgan fingerprint density at radius 3 is 2.27 bits per heavy atom. The summed E-state index contributed by atoms with van der Waals surface area (Å²) in [6.45, 7) is 6.73. The van der Waals surface area contributed by atoms with Gasteiger partial charge >= 0.3 is 0 Å². The maximum Gasteiger partial charge on any atom is 0.243 e. The molecule has 1 amide bonds. The third-order valence-corrected chi connectivity index (χ3v) is 4.04. The van der Waals surface area contributed by atoms with E-state index in [-0.39, 0.29) is 17.9 Å². The van der Waals surface area contributed by atoms with Crippen LogP contribution in [0, 0.1) is 0 Å². The minimum atomic E-state index is -0.0701. The number of hydrogen-bond donors (Lipinski definition) is 2. The van der Waals surface area contributed by atoms with E-state index in [0.717, 1.165) is 15.8 Å². The molecule has 2 N–H and O–H groups in total. The smallest absolute Gasteiger partial charge is 0.243 e. The minimum absolute atomic E-state index is 0.0701. The summed E-state index contributed by atoms with van der Waals surface area (Å²) in [6, 6.07) is 15.7. The highest BCUT2D eigenvalue weighted by Gasteiger charge is 2.13. The van der Waals surface area contributed by atoms with Crippen LogP contribution in [0.3, 0.4) is 0 Å². The summed E-state index contributed by atoms with van der Waals surface area (Å²) in [6.07, 6.45) is 0. The van der Waals surface area contributed by atoms with Gasteiger partial charge in [0.25, 0.3) is 0 Å². The fraction of sp³-hybridized carbons (Fsp3) is 0.278. The highest BCUT2D eigenvalue weighted by atomic mass is 79.9. The van der Waals surface area contributed by atoms with Crippen molar-refractivity contribution in [3.63, 3.8) is 0 Å². The Balaban J connectivity index is 1.91. The lowest BCUT2D eigenvalue weighted by Gasteiger charge is -2.19. The lowest BCUT2D eigenvalue weighted by atomic mass is 9.87. The minimum Gasteiger partial charge on any atom is -0.375 e. The van der Waals surface area contributed by atoms with Crippen LogP contribution >= 0.6 is 15.9 Å². The van der Waals surface area contributed by atoms with E-state index in [9.17, 15) is 4.79 Å². The first kappa shape index (κ1) is 16.6. The van der Waals surface area contributed by atoms with Crippen molar-refractivity contribution in [3.8, 4) is 0 Å². The molecule has 2 aromatic rings. The number of hydrogen-bond acceptors (Lipinski definition) is 2. The van der Waals surface area contributed by atoms with Gasteiger partial charge in [-0.25, -0.2) is 0 Å². The van der Waals surface area contributed by atoms with Crippen LogP contribution in [-0.4, -0.2) is 12.5 Å². The van der Waals surface area contributed by atoms with E-state index < -0.39 is 0 Å². The highest BCUT2D eigenvalue weighted by molar-refractivity contribution is 9.10. The summed E-state index contributed by atoms with van der Waals surface area (Å²) in [4.78, 5) is 12.0. The Morgan fingerprint density at radius 1 is 1.05 bits per heavy atom. The van der Waals surface area contributed by atoms with Crippen LogP contribution in [0.15, 0.2) is 53.0 Å². The number of benzene rings is 2. The van der Waals surface area contributed by atoms with Gasteiger partial charge in [0, 0.05) is 15.8 Å². The molecule has 116 valence electrons. The zero-order valence-electron chi connectivity index (χ0n) is 13.1. The molecule has 0 aliphatic carbocycles. The Labute approximate surface area is 140 Å². The summed E-state index contributed by atoms with van der Waals surface area (Å²) in [5.41, 5.74) is 3.08. The van der Waals surface area contributed by atoms with Crippen molar-refractivity contribution in [2.45, 2.75) is 26.2 Å². The van der Waals surface area contributed by atoms with Gasteiger partial charge in [0.2, 0.25) is 5.91 Å². The summed E-state index contributed by atoms with van der Waals surface area (Å²) in [7, 11) is 0. The van der Waals surface area contributed by atoms with E-state index in [2.05, 4.69) is 59.5 Å². The summed E-state index contributed by atoms with van der Waals surface area (Å²) in [5.74, 6) is -0.0701. The molecular formula is C18H21BrN2O. The molecule has 2 aromatic carbocycles. The van der Waals surface area contributed by atoms with E-state index in [1.165, 1.54) is 5.56 Å². The van der Waals surface area contributed by atoms with Gasteiger partial charge in [0.15, 0.2) is 0 Å². The average molecular weight is 361 g/mol. The van der Waals surface area contributed by atoms with Crippen molar-refractivity contribution in [3.05, 3.63) is 58.6 Å². The Kier molecular flexibility index (Phi) is 5.24. The van der Waals surface area contributed by atoms with Gasteiger partial charge in [-0.1, -0.05) is 45.0 Å². The van der Waals surface area contributed by atoms with Gasteiger partial charge in [-0.15, -0.1) is 0 Å². The predicted octanol–water partition coefficient (Wildman–Crippen LogP) is 4.80. The zero-order chi connectivity index (χ0) is 16.2. The molecule has 0 aliphatic heterocycles. The number of anilines is 2. The number of para-hydroxylation sites is 1. The van der Waals surface area contributed by atoms with Gasteiger partial charge < -0.3 is 10.6 Å². The first-order valence-electron chi connectivity index (χ1n) is 7.25. The molecule has 0 aromatic heterocycles. The molecule has 0 spiro atoms. The van der Waals surface area contributed by atoms with E-state index in [4.69, 9.17) is 0 Å². The fourth-order valence-corrected chi connectivity index (χ4v) is 2.46. The second-order valence-electron chi connectivity index (χ2n) is 6.21. The monoisotopic (exact) mass is 360 g/mol. The Hall–Kier alpha value is -1.81. The van der Waals surface area contributed by atoms with Crippen LogP contribution in [0.5, 0.6) is 0 Å². The van der Waals surface area contributed by atoms with Gasteiger partial charge in [0.05, 0.1) is 6.54 Å². The number of nitrogens with one attached hydrogen (secondary N) is 2. The van der Waals surface area contributed by atoms with Crippen molar-refractivity contribution < 1.29 is 4.79 Å². The SMILES string of the molecule is CC(C)(C)c1ccc(NC(=O)CNc2ccccc2Br)cc1. The summed E-state index contributed by atoms with van der Waals surface area (Å²) in [5, 5.41) is 6.00. The van der Waals surface area contributed by atoms with Gasteiger partial charge in [-0.3, -0.25) is 4.79 Å².